The molecular formula is C27H27FN2O5S. The summed E-state index contributed by atoms with van der Waals surface area (Å²) in [6.07, 6.45) is 0. The molecule has 0 aliphatic carbocycles. The molecule has 3 aromatic carbocycles. The average Bonchev–Trinajstić information content (AvgIpc) is 3.14. The Labute approximate surface area is 209 Å². The van der Waals surface area contributed by atoms with Gasteiger partial charge in [-0.1, -0.05) is 0 Å². The zero-order valence-electron chi connectivity index (χ0n) is 20.7. The number of benzene rings is 3. The first-order valence-corrected chi connectivity index (χ1v) is 12.8. The fraction of sp³-hybridized carbons (Fsp3) is 0.222. The molecule has 1 heterocycles. The molecule has 9 heteroatoms. The maximum absolute atomic E-state index is 13.3. The summed E-state index contributed by atoms with van der Waals surface area (Å²) < 4.78 is 54.6. The van der Waals surface area contributed by atoms with Gasteiger partial charge in [0.25, 0.3) is 10.0 Å². The molecule has 4 aromatic rings. The Morgan fingerprint density at radius 2 is 1.64 bits per heavy atom. The molecular weight excluding hydrogens is 483 g/mol. The van der Waals surface area contributed by atoms with Crippen LogP contribution in [0.15, 0.2) is 59.5 Å². The van der Waals surface area contributed by atoms with Crippen molar-refractivity contribution in [1.29, 1.82) is 0 Å². The van der Waals surface area contributed by atoms with Crippen molar-refractivity contribution in [2.75, 3.05) is 18.4 Å². The number of methoxy groups -OCH3 is 1. The molecule has 1 N–H and O–H groups in total. The molecule has 0 saturated carbocycles. The van der Waals surface area contributed by atoms with E-state index in [9.17, 15) is 17.6 Å². The van der Waals surface area contributed by atoms with Gasteiger partial charge in [-0.15, -0.1) is 0 Å². The molecule has 0 aliphatic rings. The van der Waals surface area contributed by atoms with Crippen LogP contribution in [0.5, 0.6) is 5.75 Å². The molecule has 36 heavy (non-hydrogen) atoms. The maximum atomic E-state index is 13.3. The van der Waals surface area contributed by atoms with Crippen molar-refractivity contribution in [3.8, 4) is 11.4 Å². The molecule has 1 aromatic heterocycles. The van der Waals surface area contributed by atoms with Crippen molar-refractivity contribution in [2.45, 2.75) is 32.6 Å². The first-order chi connectivity index (χ1) is 17.1. The molecule has 0 unspecified atom stereocenters. The van der Waals surface area contributed by atoms with E-state index in [1.165, 1.54) is 12.1 Å². The molecule has 7 nitrogen and oxygen atoms in total. The van der Waals surface area contributed by atoms with Crippen molar-refractivity contribution in [3.63, 3.8) is 0 Å². The van der Waals surface area contributed by atoms with Crippen molar-refractivity contribution in [2.24, 2.45) is 0 Å². The third kappa shape index (κ3) is 4.42. The number of ether oxygens (including phenoxy) is 2. The van der Waals surface area contributed by atoms with Crippen LogP contribution in [0.1, 0.15) is 34.1 Å². The molecule has 0 bridgehead atoms. The fourth-order valence-electron chi connectivity index (χ4n) is 4.29. The van der Waals surface area contributed by atoms with Crippen LogP contribution < -0.4 is 9.46 Å². The van der Waals surface area contributed by atoms with E-state index in [0.717, 1.165) is 28.9 Å². The second-order valence-electron chi connectivity index (χ2n) is 8.34. The Kier molecular flexibility index (Phi) is 6.77. The number of hydrogen-bond acceptors (Lipinski definition) is 5. The SMILES string of the molecule is CCOC(=O)c1c(C)n(-c2ccc(OC)cc2)c2c(C)c(C)c(NS(=O)(=O)c3ccc(F)cc3)cc12. The Morgan fingerprint density at radius 1 is 1.00 bits per heavy atom. The number of nitrogens with zero attached hydrogens (tertiary/aromatic N) is 1. The second-order valence-corrected chi connectivity index (χ2v) is 10.0. The lowest BCUT2D eigenvalue weighted by atomic mass is 10.0. The van der Waals surface area contributed by atoms with E-state index in [-0.39, 0.29) is 11.5 Å². The number of esters is 1. The standard InChI is InChI=1S/C27H27FN2O5S/c1-6-35-27(31)25-18(4)30(20-9-11-21(34-5)12-10-20)26-17(3)16(2)24(15-23(25)26)29-36(32,33)22-13-7-19(28)8-14-22/h7-15,29H,6H2,1-5H3. The van der Waals surface area contributed by atoms with E-state index < -0.39 is 21.8 Å². The van der Waals surface area contributed by atoms with Crippen LogP contribution in [0, 0.1) is 26.6 Å². The van der Waals surface area contributed by atoms with Crippen molar-refractivity contribution in [3.05, 3.63) is 82.8 Å². The Hall–Kier alpha value is -3.85. The Morgan fingerprint density at radius 3 is 2.22 bits per heavy atom. The van der Waals surface area contributed by atoms with E-state index >= 15 is 0 Å². The number of halogens is 1. The quantitative estimate of drug-likeness (QED) is 0.323. The lowest BCUT2D eigenvalue weighted by Gasteiger charge is -2.16. The van der Waals surface area contributed by atoms with Crippen LogP contribution in [-0.2, 0) is 14.8 Å². The molecule has 0 radical (unpaired) electrons. The van der Waals surface area contributed by atoms with Crippen LogP contribution >= 0.6 is 0 Å². The summed E-state index contributed by atoms with van der Waals surface area (Å²) in [4.78, 5) is 13.0. The van der Waals surface area contributed by atoms with Gasteiger partial charge in [0.15, 0.2) is 0 Å². The van der Waals surface area contributed by atoms with Crippen LogP contribution in [0.4, 0.5) is 10.1 Å². The van der Waals surface area contributed by atoms with Gasteiger partial charge in [-0.25, -0.2) is 17.6 Å². The molecule has 188 valence electrons. The number of aryl methyl sites for hydroxylation is 1. The molecule has 0 fully saturated rings. The van der Waals surface area contributed by atoms with Gasteiger partial charge in [0, 0.05) is 16.8 Å². The number of sulfonamides is 1. The van der Waals surface area contributed by atoms with Crippen molar-refractivity contribution >= 4 is 32.6 Å². The van der Waals surface area contributed by atoms with Crippen LogP contribution in [0.25, 0.3) is 16.6 Å². The lowest BCUT2D eigenvalue weighted by molar-refractivity contribution is 0.0527. The van der Waals surface area contributed by atoms with E-state index in [2.05, 4.69) is 4.72 Å². The van der Waals surface area contributed by atoms with Crippen molar-refractivity contribution < 1.29 is 27.1 Å². The van der Waals surface area contributed by atoms with Crippen LogP contribution in [0.2, 0.25) is 0 Å². The summed E-state index contributed by atoms with van der Waals surface area (Å²) in [5, 5.41) is 0.557. The van der Waals surface area contributed by atoms with Crippen molar-refractivity contribution in [1.82, 2.24) is 4.57 Å². The third-order valence-corrected chi connectivity index (χ3v) is 7.62. The highest BCUT2D eigenvalue weighted by molar-refractivity contribution is 7.92. The highest BCUT2D eigenvalue weighted by Crippen LogP contribution is 2.37. The summed E-state index contributed by atoms with van der Waals surface area (Å²) in [5.74, 6) is -0.330. The number of aromatic nitrogens is 1. The van der Waals surface area contributed by atoms with Gasteiger partial charge in [-0.05, 0) is 93.4 Å². The van der Waals surface area contributed by atoms with Crippen LogP contribution in [0.3, 0.4) is 0 Å². The van der Waals surface area contributed by atoms with Gasteiger partial charge in [0.05, 0.1) is 35.4 Å². The Bertz CT molecular complexity index is 1560. The maximum Gasteiger partial charge on any atom is 0.340 e. The van der Waals surface area contributed by atoms with Gasteiger partial charge in [-0.3, -0.25) is 4.72 Å². The first-order valence-electron chi connectivity index (χ1n) is 11.3. The minimum atomic E-state index is -4.00. The van der Waals surface area contributed by atoms with E-state index in [1.54, 1.807) is 20.1 Å². The largest absolute Gasteiger partial charge is 0.497 e. The Balaban J connectivity index is 1.95. The van der Waals surface area contributed by atoms with Gasteiger partial charge in [-0.2, -0.15) is 0 Å². The normalized spacial score (nSPS) is 11.5. The monoisotopic (exact) mass is 510 g/mol. The second kappa shape index (κ2) is 9.66. The average molecular weight is 511 g/mol. The van der Waals surface area contributed by atoms with Crippen LogP contribution in [-0.4, -0.2) is 32.7 Å². The molecule has 0 aliphatic heterocycles. The van der Waals surface area contributed by atoms with Gasteiger partial charge >= 0.3 is 5.97 Å². The highest BCUT2D eigenvalue weighted by Gasteiger charge is 2.26. The van der Waals surface area contributed by atoms with E-state index in [1.807, 2.05) is 49.6 Å². The number of nitrogens with one attached hydrogen (secondary N) is 1. The predicted octanol–water partition coefficient (Wildman–Crippen LogP) is 5.68. The summed E-state index contributed by atoms with van der Waals surface area (Å²) in [6.45, 7) is 7.44. The zero-order chi connectivity index (χ0) is 26.2. The van der Waals surface area contributed by atoms with E-state index in [4.69, 9.17) is 9.47 Å². The minimum Gasteiger partial charge on any atom is -0.497 e. The van der Waals surface area contributed by atoms with Gasteiger partial charge in [0.1, 0.15) is 11.6 Å². The van der Waals surface area contributed by atoms with Gasteiger partial charge < -0.3 is 14.0 Å². The number of hydrogen-bond donors (Lipinski definition) is 1. The summed E-state index contributed by atoms with van der Waals surface area (Å²) in [5.41, 5.74) is 4.40. The molecule has 0 amide bonds. The molecule has 4 rings (SSSR count). The predicted molar refractivity (Wildman–Crippen MR) is 137 cm³/mol. The summed E-state index contributed by atoms with van der Waals surface area (Å²) >= 11 is 0. The minimum absolute atomic E-state index is 0.0707. The number of fused-ring (bicyclic) bond motifs is 1. The molecule has 0 spiro atoms. The third-order valence-electron chi connectivity index (χ3n) is 6.23. The van der Waals surface area contributed by atoms with Gasteiger partial charge in [0.2, 0.25) is 0 Å². The molecule has 0 saturated heterocycles. The lowest BCUT2D eigenvalue weighted by Crippen LogP contribution is -2.14. The first kappa shape index (κ1) is 25.2. The number of anilines is 1. The smallest absolute Gasteiger partial charge is 0.340 e. The summed E-state index contributed by atoms with van der Waals surface area (Å²) in [7, 11) is -2.41. The molecule has 0 atom stereocenters. The highest BCUT2D eigenvalue weighted by atomic mass is 32.2. The fourth-order valence-corrected chi connectivity index (χ4v) is 5.41. The number of carbonyl (C=O) groups excluding carboxylic acids is 1. The topological polar surface area (TPSA) is 86.6 Å². The van der Waals surface area contributed by atoms with E-state index in [0.29, 0.717) is 33.6 Å². The summed E-state index contributed by atoms with van der Waals surface area (Å²) in [6, 6.07) is 13.7. The number of carbonyl (C=O) groups is 1. The number of rotatable bonds is 7. The zero-order valence-corrected chi connectivity index (χ0v) is 21.5.